The lowest BCUT2D eigenvalue weighted by Gasteiger charge is -2.05. The van der Waals surface area contributed by atoms with Crippen molar-refractivity contribution in [3.63, 3.8) is 0 Å². The summed E-state index contributed by atoms with van der Waals surface area (Å²) in [7, 11) is 0. The Bertz CT molecular complexity index is 365. The highest BCUT2D eigenvalue weighted by atomic mass is 79.9. The quantitative estimate of drug-likeness (QED) is 0.598. The smallest absolute Gasteiger partial charge is 0.167 e. The molecule has 0 unspecified atom stereocenters. The number of halogens is 3. The Morgan fingerprint density at radius 2 is 2.21 bits per heavy atom. The maximum Gasteiger partial charge on any atom is 0.167 e. The Kier molecular flexibility index (Phi) is 4.08. The van der Waals surface area contributed by atoms with Gasteiger partial charge in [0.2, 0.25) is 0 Å². The third kappa shape index (κ3) is 2.34. The largest absolute Gasteiger partial charge is 0.294 e. The van der Waals surface area contributed by atoms with Gasteiger partial charge in [0.25, 0.3) is 0 Å². The summed E-state index contributed by atoms with van der Waals surface area (Å²) in [4.78, 5) is 11.5. The van der Waals surface area contributed by atoms with Crippen LogP contribution in [0.3, 0.4) is 0 Å². The standard InChI is InChI=1S/C10H9BrClFO/c1-2-3-8(14)9-6(11)4-5-7(12)10(9)13/h4-5H,2-3H2,1H3. The predicted octanol–water partition coefficient (Wildman–Crippen LogP) is 4.22. The van der Waals surface area contributed by atoms with Gasteiger partial charge < -0.3 is 0 Å². The van der Waals surface area contributed by atoms with Gasteiger partial charge in [0.05, 0.1) is 10.6 Å². The minimum atomic E-state index is -0.639. The molecule has 0 bridgehead atoms. The van der Waals surface area contributed by atoms with Crippen molar-refractivity contribution >= 4 is 33.3 Å². The third-order valence-corrected chi connectivity index (χ3v) is 2.75. The molecule has 0 aliphatic heterocycles. The van der Waals surface area contributed by atoms with E-state index in [0.29, 0.717) is 17.3 Å². The van der Waals surface area contributed by atoms with Crippen molar-refractivity contribution in [3.8, 4) is 0 Å². The number of hydrogen-bond donors (Lipinski definition) is 0. The zero-order chi connectivity index (χ0) is 10.7. The molecule has 0 radical (unpaired) electrons. The van der Waals surface area contributed by atoms with Crippen LogP contribution in [0.4, 0.5) is 4.39 Å². The van der Waals surface area contributed by atoms with E-state index >= 15 is 0 Å². The number of hydrogen-bond acceptors (Lipinski definition) is 1. The van der Waals surface area contributed by atoms with Crippen LogP contribution in [0.1, 0.15) is 30.1 Å². The molecule has 1 aromatic rings. The normalized spacial score (nSPS) is 10.3. The van der Waals surface area contributed by atoms with Gasteiger partial charge in [-0.1, -0.05) is 18.5 Å². The number of benzene rings is 1. The molecule has 1 nitrogen and oxygen atoms in total. The summed E-state index contributed by atoms with van der Waals surface area (Å²) < 4.78 is 13.9. The van der Waals surface area contributed by atoms with Crippen molar-refractivity contribution in [1.82, 2.24) is 0 Å². The second kappa shape index (κ2) is 4.89. The van der Waals surface area contributed by atoms with E-state index in [1.54, 1.807) is 6.07 Å². The first-order valence-electron chi connectivity index (χ1n) is 4.24. The van der Waals surface area contributed by atoms with Crippen molar-refractivity contribution in [2.24, 2.45) is 0 Å². The lowest BCUT2D eigenvalue weighted by Crippen LogP contribution is -2.03. The maximum atomic E-state index is 13.5. The molecule has 0 spiro atoms. The Balaban J connectivity index is 3.18. The highest BCUT2D eigenvalue weighted by Crippen LogP contribution is 2.27. The van der Waals surface area contributed by atoms with Crippen LogP contribution < -0.4 is 0 Å². The van der Waals surface area contributed by atoms with Crippen molar-refractivity contribution < 1.29 is 9.18 Å². The van der Waals surface area contributed by atoms with Crippen LogP contribution in [0.5, 0.6) is 0 Å². The zero-order valence-electron chi connectivity index (χ0n) is 7.61. The second-order valence-electron chi connectivity index (χ2n) is 2.89. The van der Waals surface area contributed by atoms with Gasteiger partial charge in [0, 0.05) is 10.9 Å². The molecule has 76 valence electrons. The summed E-state index contributed by atoms with van der Waals surface area (Å²) in [5.41, 5.74) is 0.0550. The summed E-state index contributed by atoms with van der Waals surface area (Å²) in [6.45, 7) is 1.87. The molecular weight excluding hydrogens is 270 g/mol. The van der Waals surface area contributed by atoms with Crippen molar-refractivity contribution in [2.75, 3.05) is 0 Å². The Morgan fingerprint density at radius 3 is 2.79 bits per heavy atom. The summed E-state index contributed by atoms with van der Waals surface area (Å²) in [5, 5.41) is -0.0207. The van der Waals surface area contributed by atoms with E-state index in [1.807, 2.05) is 6.92 Å². The van der Waals surface area contributed by atoms with E-state index in [4.69, 9.17) is 11.6 Å². The highest BCUT2D eigenvalue weighted by Gasteiger charge is 2.17. The number of carbonyl (C=O) groups excluding carboxylic acids is 1. The minimum Gasteiger partial charge on any atom is -0.294 e. The van der Waals surface area contributed by atoms with E-state index < -0.39 is 5.82 Å². The van der Waals surface area contributed by atoms with Gasteiger partial charge in [-0.15, -0.1) is 0 Å². The second-order valence-corrected chi connectivity index (χ2v) is 4.15. The van der Waals surface area contributed by atoms with Crippen molar-refractivity contribution in [1.29, 1.82) is 0 Å². The van der Waals surface area contributed by atoms with Crippen LogP contribution >= 0.6 is 27.5 Å². The van der Waals surface area contributed by atoms with E-state index in [9.17, 15) is 9.18 Å². The van der Waals surface area contributed by atoms with Crippen LogP contribution in [0.15, 0.2) is 16.6 Å². The summed E-state index contributed by atoms with van der Waals surface area (Å²) >= 11 is 8.71. The molecule has 0 N–H and O–H groups in total. The molecule has 0 saturated carbocycles. The van der Waals surface area contributed by atoms with Gasteiger partial charge in [-0.2, -0.15) is 0 Å². The number of carbonyl (C=O) groups is 1. The van der Waals surface area contributed by atoms with Gasteiger partial charge in [0.1, 0.15) is 0 Å². The SMILES string of the molecule is CCCC(=O)c1c(Br)ccc(Cl)c1F. The molecular formula is C10H9BrClFO. The van der Waals surface area contributed by atoms with Crippen LogP contribution in [-0.2, 0) is 0 Å². The third-order valence-electron chi connectivity index (χ3n) is 1.80. The maximum absolute atomic E-state index is 13.5. The fraction of sp³-hybridized carbons (Fsp3) is 0.300. The topological polar surface area (TPSA) is 17.1 Å². The zero-order valence-corrected chi connectivity index (χ0v) is 9.95. The first-order chi connectivity index (χ1) is 6.57. The Hall–Kier alpha value is -0.410. The number of Topliss-reactive ketones (excluding diaryl/α,β-unsaturated/α-hetero) is 1. The molecule has 0 amide bonds. The molecule has 0 atom stereocenters. The number of rotatable bonds is 3. The van der Waals surface area contributed by atoms with Gasteiger partial charge in [-0.25, -0.2) is 4.39 Å². The Morgan fingerprint density at radius 1 is 1.57 bits per heavy atom. The fourth-order valence-electron chi connectivity index (χ4n) is 1.13. The average molecular weight is 280 g/mol. The summed E-state index contributed by atoms with van der Waals surface area (Å²) in [6.07, 6.45) is 1.02. The lowest BCUT2D eigenvalue weighted by molar-refractivity contribution is 0.0977. The van der Waals surface area contributed by atoms with E-state index in [1.165, 1.54) is 6.07 Å². The van der Waals surface area contributed by atoms with Crippen LogP contribution in [0.2, 0.25) is 5.02 Å². The first kappa shape index (κ1) is 11.7. The monoisotopic (exact) mass is 278 g/mol. The summed E-state index contributed by atoms with van der Waals surface area (Å²) in [5.74, 6) is -0.862. The summed E-state index contributed by atoms with van der Waals surface area (Å²) in [6, 6.07) is 3.00. The molecule has 4 heteroatoms. The van der Waals surface area contributed by atoms with E-state index in [-0.39, 0.29) is 16.4 Å². The van der Waals surface area contributed by atoms with Gasteiger partial charge in [-0.05, 0) is 34.5 Å². The van der Waals surface area contributed by atoms with Crippen molar-refractivity contribution in [2.45, 2.75) is 19.8 Å². The molecule has 0 heterocycles. The molecule has 1 rings (SSSR count). The molecule has 0 fully saturated rings. The molecule has 14 heavy (non-hydrogen) atoms. The first-order valence-corrected chi connectivity index (χ1v) is 5.41. The molecule has 0 saturated heterocycles. The van der Waals surface area contributed by atoms with Crippen molar-refractivity contribution in [3.05, 3.63) is 33.0 Å². The average Bonchev–Trinajstić information content (AvgIpc) is 2.13. The van der Waals surface area contributed by atoms with Crippen LogP contribution in [0, 0.1) is 5.82 Å². The molecule has 1 aromatic carbocycles. The van der Waals surface area contributed by atoms with Gasteiger partial charge in [-0.3, -0.25) is 4.79 Å². The molecule has 0 aliphatic carbocycles. The minimum absolute atomic E-state index is 0.0207. The highest BCUT2D eigenvalue weighted by molar-refractivity contribution is 9.10. The predicted molar refractivity (Wildman–Crippen MR) is 58.3 cm³/mol. The lowest BCUT2D eigenvalue weighted by atomic mass is 10.1. The number of ketones is 1. The molecule has 0 aliphatic rings. The van der Waals surface area contributed by atoms with E-state index in [0.717, 1.165) is 0 Å². The molecule has 0 aromatic heterocycles. The van der Waals surface area contributed by atoms with E-state index in [2.05, 4.69) is 15.9 Å². The van der Waals surface area contributed by atoms with Crippen LogP contribution in [0.25, 0.3) is 0 Å². The fourth-order valence-corrected chi connectivity index (χ4v) is 1.82. The van der Waals surface area contributed by atoms with Gasteiger partial charge >= 0.3 is 0 Å². The Labute approximate surface area is 95.4 Å². The van der Waals surface area contributed by atoms with Gasteiger partial charge in [0.15, 0.2) is 11.6 Å². The van der Waals surface area contributed by atoms with Crippen LogP contribution in [-0.4, -0.2) is 5.78 Å².